The highest BCUT2D eigenvalue weighted by Gasteiger charge is 2.33. The van der Waals surface area contributed by atoms with Crippen molar-refractivity contribution in [2.45, 2.75) is 26.4 Å². The summed E-state index contributed by atoms with van der Waals surface area (Å²) in [5.74, 6) is 0.487. The van der Waals surface area contributed by atoms with Gasteiger partial charge in [-0.05, 0) is 30.2 Å². The lowest BCUT2D eigenvalue weighted by Crippen LogP contribution is -2.51. The van der Waals surface area contributed by atoms with Crippen molar-refractivity contribution in [1.82, 2.24) is 4.90 Å². The van der Waals surface area contributed by atoms with Crippen molar-refractivity contribution >= 4 is 22.6 Å². The first-order valence-electron chi connectivity index (χ1n) is 10.5. The smallest absolute Gasteiger partial charge is 0.309 e. The SMILES string of the molecule is CCCc1ccc(COc2ccc3c(c2)OCC(CN2CC(C(=O)O)C2)=C3Cl)c(O)c1. The zero-order chi connectivity index (χ0) is 22.0. The van der Waals surface area contributed by atoms with Crippen LogP contribution >= 0.6 is 11.6 Å². The molecule has 164 valence electrons. The van der Waals surface area contributed by atoms with Gasteiger partial charge in [0.25, 0.3) is 0 Å². The zero-order valence-corrected chi connectivity index (χ0v) is 18.2. The van der Waals surface area contributed by atoms with Gasteiger partial charge in [0.15, 0.2) is 0 Å². The van der Waals surface area contributed by atoms with Crippen molar-refractivity contribution in [2.24, 2.45) is 5.92 Å². The van der Waals surface area contributed by atoms with Crippen LogP contribution in [0, 0.1) is 5.92 Å². The summed E-state index contributed by atoms with van der Waals surface area (Å²) in [6.45, 7) is 4.41. The molecule has 4 rings (SSSR count). The number of aryl methyl sites for hydroxylation is 1. The fourth-order valence-corrected chi connectivity index (χ4v) is 4.16. The quantitative estimate of drug-likeness (QED) is 0.633. The van der Waals surface area contributed by atoms with Crippen LogP contribution in [0.3, 0.4) is 0 Å². The second-order valence-electron chi connectivity index (χ2n) is 8.10. The number of carboxylic acids is 1. The normalized spacial score (nSPS) is 16.5. The van der Waals surface area contributed by atoms with E-state index in [1.807, 2.05) is 24.3 Å². The van der Waals surface area contributed by atoms with Crippen LogP contribution in [0.15, 0.2) is 42.0 Å². The summed E-state index contributed by atoms with van der Waals surface area (Å²) < 4.78 is 11.8. The van der Waals surface area contributed by atoms with Gasteiger partial charge >= 0.3 is 5.97 Å². The van der Waals surface area contributed by atoms with E-state index in [0.29, 0.717) is 42.8 Å². The predicted molar refractivity (Wildman–Crippen MR) is 119 cm³/mol. The molecular weight excluding hydrogens is 418 g/mol. The van der Waals surface area contributed by atoms with E-state index < -0.39 is 5.97 Å². The van der Waals surface area contributed by atoms with Crippen LogP contribution in [-0.4, -0.2) is 47.3 Å². The minimum absolute atomic E-state index is 0.243. The van der Waals surface area contributed by atoms with Crippen LogP contribution in [-0.2, 0) is 17.8 Å². The van der Waals surface area contributed by atoms with Crippen LogP contribution < -0.4 is 9.47 Å². The molecule has 2 heterocycles. The number of hydrogen-bond donors (Lipinski definition) is 2. The average Bonchev–Trinajstić information content (AvgIpc) is 2.71. The van der Waals surface area contributed by atoms with Gasteiger partial charge in [-0.1, -0.05) is 37.1 Å². The van der Waals surface area contributed by atoms with Gasteiger partial charge in [-0.3, -0.25) is 9.69 Å². The van der Waals surface area contributed by atoms with Crippen LogP contribution in [0.5, 0.6) is 17.2 Å². The lowest BCUT2D eigenvalue weighted by Gasteiger charge is -2.38. The van der Waals surface area contributed by atoms with Gasteiger partial charge in [0.2, 0.25) is 0 Å². The number of likely N-dealkylation sites (tertiary alicyclic amines) is 1. The fraction of sp³-hybridized carbons (Fsp3) is 0.375. The Bertz CT molecular complexity index is 1010. The summed E-state index contributed by atoms with van der Waals surface area (Å²) in [5.41, 5.74) is 3.59. The third-order valence-electron chi connectivity index (χ3n) is 5.71. The van der Waals surface area contributed by atoms with Crippen molar-refractivity contribution in [1.29, 1.82) is 0 Å². The van der Waals surface area contributed by atoms with Gasteiger partial charge in [-0.25, -0.2) is 0 Å². The summed E-state index contributed by atoms with van der Waals surface area (Å²) in [6, 6.07) is 11.2. The lowest BCUT2D eigenvalue weighted by atomic mass is 9.98. The monoisotopic (exact) mass is 443 g/mol. The molecule has 0 aliphatic carbocycles. The Balaban J connectivity index is 1.39. The Morgan fingerprint density at radius 3 is 2.77 bits per heavy atom. The third kappa shape index (κ3) is 4.81. The molecule has 1 fully saturated rings. The van der Waals surface area contributed by atoms with Crippen LogP contribution in [0.1, 0.15) is 30.0 Å². The van der Waals surface area contributed by atoms with E-state index in [9.17, 15) is 9.90 Å². The Kier molecular flexibility index (Phi) is 6.39. The maximum Gasteiger partial charge on any atom is 0.309 e. The van der Waals surface area contributed by atoms with Gasteiger partial charge in [0, 0.05) is 42.4 Å². The molecule has 0 atom stereocenters. The maximum atomic E-state index is 11.0. The summed E-state index contributed by atoms with van der Waals surface area (Å²) in [5, 5.41) is 19.9. The number of fused-ring (bicyclic) bond motifs is 1. The fourth-order valence-electron chi connectivity index (χ4n) is 3.89. The molecule has 0 bridgehead atoms. The number of halogens is 1. The molecule has 2 aliphatic rings. The Morgan fingerprint density at radius 2 is 2.06 bits per heavy atom. The van der Waals surface area contributed by atoms with Gasteiger partial charge in [0.05, 0.1) is 11.0 Å². The number of phenolic OH excluding ortho intramolecular Hbond substituents is 1. The van der Waals surface area contributed by atoms with Gasteiger partial charge in [0.1, 0.15) is 30.5 Å². The standard InChI is InChI=1S/C24H26ClNO5/c1-2-3-15-4-5-16(21(27)8-15)13-30-19-6-7-20-22(9-19)31-14-18(23(20)25)12-26-10-17(11-26)24(28)29/h4-9,17,27H,2-3,10-14H2,1H3,(H,28,29). The molecule has 2 aromatic carbocycles. The highest BCUT2D eigenvalue weighted by molar-refractivity contribution is 6.49. The number of aliphatic carboxylic acids is 1. The van der Waals surface area contributed by atoms with Gasteiger partial charge in [-0.2, -0.15) is 0 Å². The number of hydrogen-bond acceptors (Lipinski definition) is 5. The van der Waals surface area contributed by atoms with Crippen LogP contribution in [0.25, 0.3) is 5.03 Å². The van der Waals surface area contributed by atoms with E-state index in [2.05, 4.69) is 11.8 Å². The Morgan fingerprint density at radius 1 is 1.26 bits per heavy atom. The highest BCUT2D eigenvalue weighted by Crippen LogP contribution is 2.38. The molecule has 2 aromatic rings. The number of benzene rings is 2. The second-order valence-corrected chi connectivity index (χ2v) is 8.47. The van der Waals surface area contributed by atoms with Crippen molar-refractivity contribution in [3.63, 3.8) is 0 Å². The van der Waals surface area contributed by atoms with Gasteiger partial charge < -0.3 is 19.7 Å². The molecule has 7 heteroatoms. The van der Waals surface area contributed by atoms with E-state index in [4.69, 9.17) is 26.2 Å². The summed E-state index contributed by atoms with van der Waals surface area (Å²) in [6.07, 6.45) is 1.97. The average molecular weight is 444 g/mol. The van der Waals surface area contributed by atoms with E-state index in [0.717, 1.165) is 35.1 Å². The topological polar surface area (TPSA) is 79.2 Å². The Hall–Kier alpha value is -2.70. The number of aromatic hydroxyl groups is 1. The number of nitrogens with zero attached hydrogens (tertiary/aromatic N) is 1. The summed E-state index contributed by atoms with van der Waals surface area (Å²) in [4.78, 5) is 13.0. The zero-order valence-electron chi connectivity index (χ0n) is 17.4. The number of carboxylic acid groups (broad SMARTS) is 1. The first kappa shape index (κ1) is 21.5. The van der Waals surface area contributed by atoms with E-state index in [1.54, 1.807) is 12.1 Å². The second kappa shape index (κ2) is 9.20. The minimum atomic E-state index is -0.751. The van der Waals surface area contributed by atoms with Crippen molar-refractivity contribution in [3.8, 4) is 17.2 Å². The van der Waals surface area contributed by atoms with Crippen LogP contribution in [0.4, 0.5) is 0 Å². The molecule has 0 saturated carbocycles. The van der Waals surface area contributed by atoms with Crippen LogP contribution in [0.2, 0.25) is 0 Å². The molecule has 0 amide bonds. The molecular formula is C24H26ClNO5. The largest absolute Gasteiger partial charge is 0.508 e. The molecule has 0 aromatic heterocycles. The molecule has 6 nitrogen and oxygen atoms in total. The van der Waals surface area contributed by atoms with Gasteiger partial charge in [-0.15, -0.1) is 0 Å². The maximum absolute atomic E-state index is 11.0. The van der Waals surface area contributed by atoms with E-state index in [-0.39, 0.29) is 18.3 Å². The lowest BCUT2D eigenvalue weighted by molar-refractivity contribution is -0.147. The van der Waals surface area contributed by atoms with Crippen molar-refractivity contribution in [2.75, 3.05) is 26.2 Å². The Labute approximate surface area is 186 Å². The summed E-state index contributed by atoms with van der Waals surface area (Å²) >= 11 is 6.61. The molecule has 0 spiro atoms. The summed E-state index contributed by atoms with van der Waals surface area (Å²) in [7, 11) is 0. The first-order chi connectivity index (χ1) is 14.9. The van der Waals surface area contributed by atoms with Crippen molar-refractivity contribution < 1.29 is 24.5 Å². The molecule has 2 aliphatic heterocycles. The number of phenols is 1. The molecule has 1 saturated heterocycles. The molecule has 0 unspecified atom stereocenters. The minimum Gasteiger partial charge on any atom is -0.508 e. The number of carbonyl (C=O) groups is 1. The van der Waals surface area contributed by atoms with Crippen molar-refractivity contribution in [3.05, 3.63) is 58.7 Å². The first-order valence-corrected chi connectivity index (χ1v) is 10.9. The highest BCUT2D eigenvalue weighted by atomic mass is 35.5. The van der Waals surface area contributed by atoms with E-state index in [1.165, 1.54) is 0 Å². The predicted octanol–water partition coefficient (Wildman–Crippen LogP) is 4.28. The number of rotatable bonds is 8. The number of ether oxygens (including phenoxy) is 2. The molecule has 2 N–H and O–H groups in total. The van der Waals surface area contributed by atoms with E-state index >= 15 is 0 Å². The molecule has 0 radical (unpaired) electrons. The molecule has 31 heavy (non-hydrogen) atoms. The third-order valence-corrected chi connectivity index (χ3v) is 6.18.